The Labute approximate surface area is 128 Å². The van der Waals surface area contributed by atoms with Gasteiger partial charge in [0, 0.05) is 18.5 Å². The molecule has 0 saturated carbocycles. The molecule has 118 valence electrons. The normalized spacial score (nSPS) is 17.5. The zero-order chi connectivity index (χ0) is 16.3. The Morgan fingerprint density at radius 3 is 2.27 bits per heavy atom. The Hall–Kier alpha value is -2.24. The van der Waals surface area contributed by atoms with E-state index in [-0.39, 0.29) is 36.6 Å². The number of benzene rings is 1. The standard InChI is InChI=1S/C16H19FN2O3/c1-3-16(2)8-14(21)19(15(22)9-16)10-13(20)18-12-6-4-11(17)5-7-12/h4-7H,3,8-10H2,1-2H3,(H,18,20). The summed E-state index contributed by atoms with van der Waals surface area (Å²) in [5, 5.41) is 2.54. The van der Waals surface area contributed by atoms with Crippen LogP contribution in [0.1, 0.15) is 33.1 Å². The van der Waals surface area contributed by atoms with Crippen LogP contribution in [0.5, 0.6) is 0 Å². The second kappa shape index (κ2) is 6.25. The number of amides is 3. The molecule has 22 heavy (non-hydrogen) atoms. The topological polar surface area (TPSA) is 66.5 Å². The predicted octanol–water partition coefficient (Wildman–Crippen LogP) is 2.33. The van der Waals surface area contributed by atoms with E-state index < -0.39 is 11.7 Å². The van der Waals surface area contributed by atoms with E-state index in [1.807, 2.05) is 13.8 Å². The average Bonchev–Trinajstić information content (AvgIpc) is 2.45. The van der Waals surface area contributed by atoms with Gasteiger partial charge in [0.2, 0.25) is 17.7 Å². The molecule has 0 unspecified atom stereocenters. The minimum absolute atomic E-state index is 0.263. The van der Waals surface area contributed by atoms with Crippen molar-refractivity contribution in [3.8, 4) is 0 Å². The zero-order valence-corrected chi connectivity index (χ0v) is 12.7. The minimum Gasteiger partial charge on any atom is -0.325 e. The molecule has 0 aliphatic carbocycles. The van der Waals surface area contributed by atoms with E-state index in [1.165, 1.54) is 24.3 Å². The number of carbonyl (C=O) groups is 3. The lowest BCUT2D eigenvalue weighted by Gasteiger charge is -2.36. The van der Waals surface area contributed by atoms with Crippen molar-refractivity contribution in [2.75, 3.05) is 11.9 Å². The van der Waals surface area contributed by atoms with Gasteiger partial charge in [0.25, 0.3) is 0 Å². The van der Waals surface area contributed by atoms with Crippen LogP contribution in [0.15, 0.2) is 24.3 Å². The molecule has 3 amide bonds. The highest BCUT2D eigenvalue weighted by Gasteiger charge is 2.39. The molecule has 0 aromatic heterocycles. The first-order chi connectivity index (χ1) is 10.3. The molecule has 1 fully saturated rings. The van der Waals surface area contributed by atoms with Crippen LogP contribution in [0.3, 0.4) is 0 Å². The number of rotatable bonds is 4. The van der Waals surface area contributed by atoms with Gasteiger partial charge in [-0.05, 0) is 36.1 Å². The number of halogens is 1. The number of nitrogens with zero attached hydrogens (tertiary/aromatic N) is 1. The van der Waals surface area contributed by atoms with Gasteiger partial charge in [0.05, 0.1) is 0 Å². The largest absolute Gasteiger partial charge is 0.325 e. The van der Waals surface area contributed by atoms with Crippen molar-refractivity contribution in [1.29, 1.82) is 0 Å². The van der Waals surface area contributed by atoms with Crippen LogP contribution in [0.2, 0.25) is 0 Å². The highest BCUT2D eigenvalue weighted by Crippen LogP contribution is 2.35. The average molecular weight is 306 g/mol. The van der Waals surface area contributed by atoms with Crippen molar-refractivity contribution in [3.05, 3.63) is 30.1 Å². The second-order valence-electron chi connectivity index (χ2n) is 5.95. The summed E-state index contributed by atoms with van der Waals surface area (Å²) in [5.41, 5.74) is 0.0969. The van der Waals surface area contributed by atoms with Crippen LogP contribution in [-0.2, 0) is 14.4 Å². The van der Waals surface area contributed by atoms with Crippen molar-refractivity contribution in [2.24, 2.45) is 5.41 Å². The van der Waals surface area contributed by atoms with E-state index in [0.29, 0.717) is 5.69 Å². The highest BCUT2D eigenvalue weighted by molar-refractivity contribution is 6.03. The van der Waals surface area contributed by atoms with E-state index in [9.17, 15) is 18.8 Å². The molecular weight excluding hydrogens is 287 g/mol. The van der Waals surface area contributed by atoms with Crippen molar-refractivity contribution < 1.29 is 18.8 Å². The summed E-state index contributed by atoms with van der Waals surface area (Å²) in [6.07, 6.45) is 1.26. The molecule has 2 rings (SSSR count). The van der Waals surface area contributed by atoms with E-state index in [2.05, 4.69) is 5.32 Å². The molecule has 1 aliphatic heterocycles. The number of hydrogen-bond acceptors (Lipinski definition) is 3. The monoisotopic (exact) mass is 306 g/mol. The van der Waals surface area contributed by atoms with Gasteiger partial charge in [-0.15, -0.1) is 0 Å². The molecule has 1 saturated heterocycles. The van der Waals surface area contributed by atoms with Crippen LogP contribution in [0.25, 0.3) is 0 Å². The number of imide groups is 1. The highest BCUT2D eigenvalue weighted by atomic mass is 19.1. The van der Waals surface area contributed by atoms with Crippen LogP contribution in [0.4, 0.5) is 10.1 Å². The van der Waals surface area contributed by atoms with Gasteiger partial charge >= 0.3 is 0 Å². The first-order valence-corrected chi connectivity index (χ1v) is 7.21. The van der Waals surface area contributed by atoms with Crippen molar-refractivity contribution in [1.82, 2.24) is 4.90 Å². The van der Waals surface area contributed by atoms with Crippen molar-refractivity contribution >= 4 is 23.4 Å². The molecular formula is C16H19FN2O3. The summed E-state index contributed by atoms with van der Waals surface area (Å²) in [5.74, 6) is -1.53. The molecule has 1 aromatic rings. The summed E-state index contributed by atoms with van der Waals surface area (Å²) in [6.45, 7) is 3.53. The van der Waals surface area contributed by atoms with Gasteiger partial charge in [-0.3, -0.25) is 19.3 Å². The number of nitrogens with one attached hydrogen (secondary N) is 1. The molecule has 0 radical (unpaired) electrons. The van der Waals surface area contributed by atoms with Gasteiger partial charge in [-0.1, -0.05) is 13.8 Å². The lowest BCUT2D eigenvalue weighted by molar-refractivity contribution is -0.154. The number of piperidine rings is 1. The van der Waals surface area contributed by atoms with Crippen LogP contribution >= 0.6 is 0 Å². The fraction of sp³-hybridized carbons (Fsp3) is 0.438. The minimum atomic E-state index is -0.478. The third kappa shape index (κ3) is 3.69. The molecule has 1 aromatic carbocycles. The van der Waals surface area contributed by atoms with Crippen LogP contribution in [-0.4, -0.2) is 29.2 Å². The summed E-state index contributed by atoms with van der Waals surface area (Å²) in [4.78, 5) is 37.1. The fourth-order valence-corrected chi connectivity index (χ4v) is 2.43. The smallest absolute Gasteiger partial charge is 0.244 e. The lowest BCUT2D eigenvalue weighted by Crippen LogP contribution is -2.49. The molecule has 0 bridgehead atoms. The maximum atomic E-state index is 12.8. The summed E-state index contributed by atoms with van der Waals surface area (Å²) in [6, 6.07) is 5.28. The van der Waals surface area contributed by atoms with Crippen molar-refractivity contribution in [3.63, 3.8) is 0 Å². The van der Waals surface area contributed by atoms with Gasteiger partial charge in [0.15, 0.2) is 0 Å². The fourth-order valence-electron chi connectivity index (χ4n) is 2.43. The summed E-state index contributed by atoms with van der Waals surface area (Å²) >= 11 is 0. The third-order valence-corrected chi connectivity index (χ3v) is 4.04. The summed E-state index contributed by atoms with van der Waals surface area (Å²) in [7, 11) is 0. The zero-order valence-electron chi connectivity index (χ0n) is 12.7. The molecule has 6 heteroatoms. The van der Waals surface area contributed by atoms with Crippen LogP contribution < -0.4 is 5.32 Å². The third-order valence-electron chi connectivity index (χ3n) is 4.04. The number of likely N-dealkylation sites (tertiary alicyclic amines) is 1. The predicted molar refractivity (Wildman–Crippen MR) is 79.4 cm³/mol. The van der Waals surface area contributed by atoms with Gasteiger partial charge < -0.3 is 5.32 Å². The molecule has 5 nitrogen and oxygen atoms in total. The van der Waals surface area contributed by atoms with Gasteiger partial charge in [-0.25, -0.2) is 4.39 Å². The number of carbonyl (C=O) groups excluding carboxylic acids is 3. The Morgan fingerprint density at radius 2 is 1.77 bits per heavy atom. The van der Waals surface area contributed by atoms with E-state index >= 15 is 0 Å². The van der Waals surface area contributed by atoms with Crippen LogP contribution in [0, 0.1) is 11.2 Å². The molecule has 0 atom stereocenters. The molecule has 1 N–H and O–H groups in total. The number of anilines is 1. The summed E-state index contributed by atoms with van der Waals surface area (Å²) < 4.78 is 12.8. The van der Waals surface area contributed by atoms with E-state index in [4.69, 9.17) is 0 Å². The molecule has 0 spiro atoms. The lowest BCUT2D eigenvalue weighted by atomic mass is 9.77. The maximum absolute atomic E-state index is 12.8. The number of hydrogen-bond donors (Lipinski definition) is 1. The van der Waals surface area contributed by atoms with Crippen molar-refractivity contribution in [2.45, 2.75) is 33.1 Å². The first kappa shape index (κ1) is 16.1. The Balaban J connectivity index is 1.98. The first-order valence-electron chi connectivity index (χ1n) is 7.21. The second-order valence-corrected chi connectivity index (χ2v) is 5.95. The Bertz CT molecular complexity index is 580. The van der Waals surface area contributed by atoms with E-state index in [1.54, 1.807) is 0 Å². The molecule has 1 heterocycles. The SMILES string of the molecule is CCC1(C)CC(=O)N(CC(=O)Nc2ccc(F)cc2)C(=O)C1. The quantitative estimate of drug-likeness (QED) is 0.868. The molecule has 1 aliphatic rings. The Morgan fingerprint density at radius 1 is 1.23 bits per heavy atom. The van der Waals surface area contributed by atoms with Gasteiger partial charge in [0.1, 0.15) is 12.4 Å². The maximum Gasteiger partial charge on any atom is 0.244 e. The van der Waals surface area contributed by atoms with Gasteiger partial charge in [-0.2, -0.15) is 0 Å². The van der Waals surface area contributed by atoms with E-state index in [0.717, 1.165) is 11.3 Å². The Kier molecular flexibility index (Phi) is 4.59.